The molecule has 0 saturated heterocycles. The molecule has 0 aromatic rings. The number of carbonyl (C=O) groups excluding carboxylic acids is 1. The first-order valence-corrected chi connectivity index (χ1v) is 9.31. The molecule has 0 aromatic carbocycles. The zero-order valence-electron chi connectivity index (χ0n) is 14.6. The summed E-state index contributed by atoms with van der Waals surface area (Å²) in [6.07, 6.45) is 14.7. The molecule has 0 amide bonds. The van der Waals surface area contributed by atoms with Gasteiger partial charge in [-0.15, -0.1) is 0 Å². The highest BCUT2D eigenvalue weighted by Crippen LogP contribution is 2.63. The molecule has 3 rings (SSSR count). The fourth-order valence-electron chi connectivity index (χ4n) is 6.30. The van der Waals surface area contributed by atoms with Crippen LogP contribution in [0.3, 0.4) is 0 Å². The van der Waals surface area contributed by atoms with E-state index in [4.69, 9.17) is 0 Å². The maximum Gasteiger partial charge on any atom is 0.120 e. The summed E-state index contributed by atoms with van der Waals surface area (Å²) in [4.78, 5) is 11.2. The monoisotopic (exact) mass is 303 g/mol. The van der Waals surface area contributed by atoms with E-state index in [1.807, 2.05) is 0 Å². The van der Waals surface area contributed by atoms with Gasteiger partial charge < -0.3 is 10.1 Å². The summed E-state index contributed by atoms with van der Waals surface area (Å²) in [5, 5.41) is 3.35. The molecule has 3 aliphatic rings. The smallest absolute Gasteiger partial charge is 0.120 e. The second-order valence-corrected chi connectivity index (χ2v) is 8.60. The molecular weight excluding hydrogens is 270 g/mol. The van der Waals surface area contributed by atoms with E-state index < -0.39 is 0 Å². The SMILES string of the molecule is CNCCC1(C)C(CC=O)CCC2C3CC=CC3(C)CCC21. The second kappa shape index (κ2) is 6.11. The Labute approximate surface area is 136 Å². The van der Waals surface area contributed by atoms with Crippen molar-refractivity contribution >= 4 is 6.29 Å². The van der Waals surface area contributed by atoms with Crippen molar-refractivity contribution in [3.63, 3.8) is 0 Å². The van der Waals surface area contributed by atoms with E-state index in [2.05, 4.69) is 38.4 Å². The molecule has 1 N–H and O–H groups in total. The van der Waals surface area contributed by atoms with Crippen molar-refractivity contribution in [1.29, 1.82) is 0 Å². The Hall–Kier alpha value is -0.630. The highest BCUT2D eigenvalue weighted by molar-refractivity contribution is 5.50. The highest BCUT2D eigenvalue weighted by atomic mass is 16.1. The van der Waals surface area contributed by atoms with Crippen molar-refractivity contribution in [2.45, 2.75) is 58.8 Å². The van der Waals surface area contributed by atoms with Crippen LogP contribution in [0.15, 0.2) is 12.2 Å². The molecule has 2 saturated carbocycles. The van der Waals surface area contributed by atoms with E-state index in [0.717, 1.165) is 30.7 Å². The first-order valence-electron chi connectivity index (χ1n) is 9.31. The number of allylic oxidation sites excluding steroid dienone is 2. The highest BCUT2D eigenvalue weighted by Gasteiger charge is 2.55. The Morgan fingerprint density at radius 2 is 2.05 bits per heavy atom. The molecule has 124 valence electrons. The Morgan fingerprint density at radius 3 is 2.77 bits per heavy atom. The van der Waals surface area contributed by atoms with Crippen LogP contribution in [0.2, 0.25) is 0 Å². The zero-order chi connectivity index (χ0) is 15.8. The first kappa shape index (κ1) is 16.2. The van der Waals surface area contributed by atoms with Gasteiger partial charge in [0.1, 0.15) is 6.29 Å². The third-order valence-corrected chi connectivity index (χ3v) is 7.69. The molecule has 0 heterocycles. The molecule has 6 unspecified atom stereocenters. The molecule has 0 radical (unpaired) electrons. The minimum absolute atomic E-state index is 0.344. The average molecular weight is 303 g/mol. The lowest BCUT2D eigenvalue weighted by atomic mass is 9.47. The van der Waals surface area contributed by atoms with E-state index in [0.29, 0.717) is 16.7 Å². The van der Waals surface area contributed by atoms with Crippen molar-refractivity contribution in [3.8, 4) is 0 Å². The average Bonchev–Trinajstić information content (AvgIpc) is 2.90. The van der Waals surface area contributed by atoms with E-state index >= 15 is 0 Å². The number of rotatable bonds is 5. The molecule has 0 bridgehead atoms. The van der Waals surface area contributed by atoms with Crippen LogP contribution in [0.1, 0.15) is 58.8 Å². The third kappa shape index (κ3) is 2.48. The molecule has 0 aromatic heterocycles. The topological polar surface area (TPSA) is 29.1 Å². The van der Waals surface area contributed by atoms with Crippen molar-refractivity contribution < 1.29 is 4.79 Å². The van der Waals surface area contributed by atoms with Gasteiger partial charge >= 0.3 is 0 Å². The van der Waals surface area contributed by atoms with Gasteiger partial charge in [0.15, 0.2) is 0 Å². The Kier molecular flexibility index (Phi) is 4.51. The lowest BCUT2D eigenvalue weighted by Gasteiger charge is -2.58. The molecule has 2 fully saturated rings. The third-order valence-electron chi connectivity index (χ3n) is 7.69. The van der Waals surface area contributed by atoms with Gasteiger partial charge in [-0.25, -0.2) is 0 Å². The van der Waals surface area contributed by atoms with Crippen LogP contribution in [-0.2, 0) is 4.79 Å². The minimum Gasteiger partial charge on any atom is -0.320 e. The molecule has 22 heavy (non-hydrogen) atoms. The van der Waals surface area contributed by atoms with Gasteiger partial charge in [-0.1, -0.05) is 26.0 Å². The van der Waals surface area contributed by atoms with Crippen LogP contribution in [-0.4, -0.2) is 19.9 Å². The van der Waals surface area contributed by atoms with Crippen LogP contribution >= 0.6 is 0 Å². The molecular formula is C20H33NO. The lowest BCUT2D eigenvalue weighted by Crippen LogP contribution is -2.51. The number of aldehydes is 1. The van der Waals surface area contributed by atoms with Gasteiger partial charge in [-0.2, -0.15) is 0 Å². The van der Waals surface area contributed by atoms with Crippen molar-refractivity contribution in [1.82, 2.24) is 5.32 Å². The van der Waals surface area contributed by atoms with Gasteiger partial charge in [0.2, 0.25) is 0 Å². The Morgan fingerprint density at radius 1 is 1.23 bits per heavy atom. The summed E-state index contributed by atoms with van der Waals surface area (Å²) < 4.78 is 0. The lowest BCUT2D eigenvalue weighted by molar-refractivity contribution is -0.116. The molecule has 2 nitrogen and oxygen atoms in total. The second-order valence-electron chi connectivity index (χ2n) is 8.60. The number of hydrogen-bond donors (Lipinski definition) is 1. The van der Waals surface area contributed by atoms with E-state index in [1.165, 1.54) is 44.8 Å². The van der Waals surface area contributed by atoms with Gasteiger partial charge in [0.05, 0.1) is 0 Å². The minimum atomic E-state index is 0.344. The number of fused-ring (bicyclic) bond motifs is 3. The van der Waals surface area contributed by atoms with Crippen molar-refractivity contribution in [2.75, 3.05) is 13.6 Å². The summed E-state index contributed by atoms with van der Waals surface area (Å²) >= 11 is 0. The summed E-state index contributed by atoms with van der Waals surface area (Å²) in [5.74, 6) is 3.15. The first-order chi connectivity index (χ1) is 10.5. The molecule has 3 aliphatic carbocycles. The Bertz CT molecular complexity index is 445. The summed E-state index contributed by atoms with van der Waals surface area (Å²) in [6, 6.07) is 0. The normalized spacial score (nSPS) is 47.0. The van der Waals surface area contributed by atoms with Crippen LogP contribution in [0, 0.1) is 34.5 Å². The number of carbonyl (C=O) groups is 1. The molecule has 0 aliphatic heterocycles. The van der Waals surface area contributed by atoms with Crippen molar-refractivity contribution in [2.24, 2.45) is 34.5 Å². The summed E-state index contributed by atoms with van der Waals surface area (Å²) in [5.41, 5.74) is 0.805. The van der Waals surface area contributed by atoms with Gasteiger partial charge in [-0.3, -0.25) is 0 Å². The fraction of sp³-hybridized carbons (Fsp3) is 0.850. The van der Waals surface area contributed by atoms with E-state index in [9.17, 15) is 4.79 Å². The maximum absolute atomic E-state index is 11.2. The van der Waals surface area contributed by atoms with Crippen molar-refractivity contribution in [3.05, 3.63) is 12.2 Å². The predicted molar refractivity (Wildman–Crippen MR) is 91.6 cm³/mol. The largest absolute Gasteiger partial charge is 0.320 e. The number of hydrogen-bond acceptors (Lipinski definition) is 2. The number of nitrogens with one attached hydrogen (secondary N) is 1. The Balaban J connectivity index is 1.86. The van der Waals surface area contributed by atoms with Crippen LogP contribution in [0.25, 0.3) is 0 Å². The van der Waals surface area contributed by atoms with Gasteiger partial charge in [-0.05, 0) is 86.6 Å². The van der Waals surface area contributed by atoms with E-state index in [-0.39, 0.29) is 0 Å². The molecule has 6 atom stereocenters. The van der Waals surface area contributed by atoms with Crippen LogP contribution in [0.4, 0.5) is 0 Å². The van der Waals surface area contributed by atoms with Gasteiger partial charge in [0.25, 0.3) is 0 Å². The standard InChI is InChI=1S/C20H33NO/c1-19-10-4-5-17(19)16-7-6-15(9-14-22)20(2,12-13-21-3)18(16)8-11-19/h4,10,14-18,21H,5-9,11-13H2,1-3H3. The summed E-state index contributed by atoms with van der Waals surface area (Å²) in [6.45, 7) is 6.06. The fourth-order valence-corrected chi connectivity index (χ4v) is 6.30. The maximum atomic E-state index is 11.2. The summed E-state index contributed by atoms with van der Waals surface area (Å²) in [7, 11) is 2.05. The van der Waals surface area contributed by atoms with Crippen LogP contribution < -0.4 is 5.32 Å². The quantitative estimate of drug-likeness (QED) is 0.609. The molecule has 2 heteroatoms. The van der Waals surface area contributed by atoms with Gasteiger partial charge in [0, 0.05) is 6.42 Å². The van der Waals surface area contributed by atoms with Crippen LogP contribution in [0.5, 0.6) is 0 Å². The molecule has 0 spiro atoms. The van der Waals surface area contributed by atoms with E-state index in [1.54, 1.807) is 0 Å². The predicted octanol–water partition coefficient (Wildman–Crippen LogP) is 4.21. The zero-order valence-corrected chi connectivity index (χ0v) is 14.6.